The Morgan fingerprint density at radius 1 is 0.492 bits per heavy atom. The summed E-state index contributed by atoms with van der Waals surface area (Å²) in [6, 6.07) is 21.2. The molecule has 8 aromatic rings. The number of aryl methyl sites for hydroxylation is 16. The highest BCUT2D eigenvalue weighted by molar-refractivity contribution is 8.05. The van der Waals surface area contributed by atoms with Crippen LogP contribution < -0.4 is 21.3 Å². The van der Waals surface area contributed by atoms with E-state index in [1.165, 1.54) is 151 Å². The SMILES string of the molecule is CC1=C(C)CC=C1.CC1=C(C)OC=CN1.CC1=C(C)SC=CN1.CC1=CC=CNC=C1C.CC1=CC=COC=C1C.CC1CCCC1C.CC1CCNC1C.CC1CCOC1C.CC1CCSC1C.Cc1cc[nH]c1C.Cc1ccccc1C.Cc1cccnc1C.Cc1ccnnc1C.Cc1ccoc1C.Cc1ccsc1C.Cc1cncnc1C.Cc1nccnc1C. The number of pyridine rings is 1. The highest BCUT2D eigenvalue weighted by Crippen LogP contribution is 2.31. The van der Waals surface area contributed by atoms with Crippen molar-refractivity contribution < 1.29 is 18.6 Å². The third-order valence-corrected chi connectivity index (χ3v) is 27.3. The first-order chi connectivity index (χ1) is 61.7. The van der Waals surface area contributed by atoms with Gasteiger partial charge in [-0.1, -0.05) is 138 Å². The minimum atomic E-state index is 0.514. The van der Waals surface area contributed by atoms with Gasteiger partial charge in [0.25, 0.3) is 0 Å². The van der Waals surface area contributed by atoms with Crippen LogP contribution in [0.2, 0.25) is 0 Å². The van der Waals surface area contributed by atoms with E-state index in [1.54, 1.807) is 79.3 Å². The van der Waals surface area contributed by atoms with Gasteiger partial charge in [-0.05, 0) is 382 Å². The van der Waals surface area contributed by atoms with Crippen molar-refractivity contribution in [3.63, 3.8) is 0 Å². The van der Waals surface area contributed by atoms with Gasteiger partial charge in [-0.15, -0.1) is 11.3 Å². The molecule has 130 heavy (non-hydrogen) atoms. The van der Waals surface area contributed by atoms with E-state index < -0.39 is 0 Å². The first kappa shape index (κ1) is 118. The minimum absolute atomic E-state index is 0.514. The number of allylic oxidation sites excluding steroid dienone is 16. The molecule has 8 atom stereocenters. The smallest absolute Gasteiger partial charge is 0.119 e. The fraction of sp³-hybridized carbons (Fsp3) is 0.468. The average molecular weight is 1830 g/mol. The maximum atomic E-state index is 5.27. The van der Waals surface area contributed by atoms with Crippen LogP contribution in [0.25, 0.3) is 0 Å². The normalized spacial score (nSPS) is 19.1. The Balaban J connectivity index is 0.000000691. The predicted octanol–water partition coefficient (Wildman–Crippen LogP) is 30.2. The van der Waals surface area contributed by atoms with Gasteiger partial charge in [0.2, 0.25) is 0 Å². The number of aromatic amines is 1. The van der Waals surface area contributed by atoms with Gasteiger partial charge in [0, 0.05) is 112 Å². The molecule has 7 aliphatic heterocycles. The Bertz CT molecular complexity index is 4120. The van der Waals surface area contributed by atoms with Crippen LogP contribution in [0.5, 0.6) is 0 Å². The van der Waals surface area contributed by atoms with Crippen LogP contribution in [-0.2, 0) is 14.2 Å². The number of thioether (sulfide) groups is 2. The molecule has 0 bridgehead atoms. The molecule has 0 amide bonds. The van der Waals surface area contributed by atoms with Gasteiger partial charge in [-0.25, -0.2) is 9.97 Å². The fourth-order valence-corrected chi connectivity index (χ4v) is 13.7. The Morgan fingerprint density at radius 2 is 1.12 bits per heavy atom. The van der Waals surface area contributed by atoms with Crippen molar-refractivity contribution >= 4 is 34.9 Å². The van der Waals surface area contributed by atoms with Crippen LogP contribution in [-0.4, -0.2) is 76.4 Å². The lowest BCUT2D eigenvalue weighted by Gasteiger charge is -2.10. The summed E-state index contributed by atoms with van der Waals surface area (Å²) >= 11 is 5.67. The number of ether oxygens (including phenoxy) is 3. The van der Waals surface area contributed by atoms with Gasteiger partial charge in [-0.2, -0.15) is 22.0 Å². The highest BCUT2D eigenvalue weighted by atomic mass is 32.2. The third-order valence-electron chi connectivity index (χ3n) is 23.9. The molecule has 19 heteroatoms. The minimum Gasteiger partial charge on any atom is -0.472 e. The van der Waals surface area contributed by atoms with Crippen molar-refractivity contribution in [1.82, 2.24) is 61.4 Å². The highest BCUT2D eigenvalue weighted by Gasteiger charge is 2.20. The maximum Gasteiger partial charge on any atom is 0.119 e. The van der Waals surface area contributed by atoms with Crippen LogP contribution >= 0.6 is 34.9 Å². The summed E-state index contributed by atoms with van der Waals surface area (Å²) < 4.78 is 20.2. The Hall–Kier alpha value is -9.63. The second-order valence-corrected chi connectivity index (χ2v) is 38.1. The van der Waals surface area contributed by atoms with Crippen molar-refractivity contribution in [1.29, 1.82) is 0 Å². The topological polar surface area (TPSA) is 195 Å². The number of thiophene rings is 1. The number of hydrogen-bond donors (Lipinski definition) is 5. The lowest BCUT2D eigenvalue weighted by molar-refractivity contribution is 0.109. The van der Waals surface area contributed by atoms with Gasteiger partial charge in [-0.3, -0.25) is 15.0 Å². The van der Waals surface area contributed by atoms with Gasteiger partial charge in [0.05, 0.1) is 47.7 Å². The van der Waals surface area contributed by atoms with E-state index in [-0.39, 0.29) is 0 Å². The van der Waals surface area contributed by atoms with E-state index in [1.807, 2.05) is 162 Å². The van der Waals surface area contributed by atoms with Crippen molar-refractivity contribution in [3.05, 3.63) is 346 Å². The van der Waals surface area contributed by atoms with Crippen molar-refractivity contribution in [2.45, 2.75) is 298 Å². The molecule has 7 aromatic heterocycles. The summed E-state index contributed by atoms with van der Waals surface area (Å²) in [6.07, 6.45) is 49.1. The summed E-state index contributed by atoms with van der Waals surface area (Å²) in [4.78, 5) is 25.8. The second-order valence-electron chi connectivity index (χ2n) is 34.4. The number of furan rings is 1. The van der Waals surface area contributed by atoms with E-state index in [0.29, 0.717) is 6.10 Å². The van der Waals surface area contributed by atoms with Crippen molar-refractivity contribution in [2.24, 2.45) is 29.6 Å². The Morgan fingerprint density at radius 3 is 1.43 bits per heavy atom. The molecule has 1 saturated carbocycles. The van der Waals surface area contributed by atoms with Gasteiger partial charge in [0.15, 0.2) is 0 Å². The summed E-state index contributed by atoms with van der Waals surface area (Å²) in [5.74, 6) is 8.04. The molecule has 714 valence electrons. The molecule has 14 heterocycles. The largest absolute Gasteiger partial charge is 0.472 e. The van der Waals surface area contributed by atoms with Gasteiger partial charge < -0.3 is 44.9 Å². The van der Waals surface area contributed by atoms with Gasteiger partial charge in [0.1, 0.15) is 24.1 Å². The predicted molar refractivity (Wildman–Crippen MR) is 564 cm³/mol. The zero-order chi connectivity index (χ0) is 97.5. The molecule has 8 unspecified atom stereocenters. The van der Waals surface area contributed by atoms with Crippen LogP contribution in [0.3, 0.4) is 0 Å². The molecular weight excluding hydrogens is 1660 g/mol. The van der Waals surface area contributed by atoms with E-state index in [0.717, 1.165) is 98.7 Å². The van der Waals surface area contributed by atoms with E-state index in [9.17, 15) is 0 Å². The Labute approximate surface area is 801 Å². The molecule has 16 nitrogen and oxygen atoms in total. The molecule has 5 N–H and O–H groups in total. The number of hydrogen-bond acceptors (Lipinski definition) is 18. The molecule has 2 aliphatic carbocycles. The number of aromatic nitrogens is 8. The number of nitrogens with one attached hydrogen (secondary N) is 5. The Kier molecular flexibility index (Phi) is 63.9. The lowest BCUT2D eigenvalue weighted by atomic mass is 10.0. The molecular formula is C111H168N12O4S3. The van der Waals surface area contributed by atoms with Crippen molar-refractivity contribution in [2.75, 3.05) is 18.9 Å². The molecule has 0 spiro atoms. The zero-order valence-electron chi connectivity index (χ0n) is 86.2. The molecule has 1 aromatic carbocycles. The summed E-state index contributed by atoms with van der Waals surface area (Å²) in [5.41, 5.74) is 27.1. The molecule has 17 rings (SSSR count). The lowest BCUT2D eigenvalue weighted by Crippen LogP contribution is -2.20. The first-order valence-electron chi connectivity index (χ1n) is 46.2. The van der Waals surface area contributed by atoms with E-state index in [2.05, 4.69) is 292 Å². The first-order valence-corrected chi connectivity index (χ1v) is 49.0. The number of nitrogens with zero attached hydrogens (tertiary/aromatic N) is 7. The van der Waals surface area contributed by atoms with Crippen molar-refractivity contribution in [3.8, 4) is 0 Å². The van der Waals surface area contributed by atoms with Gasteiger partial charge >= 0.3 is 0 Å². The standard InChI is InChI=1S/C8H11N.C8H10O.C8H10.C7H9N.C7H14.C7H10.3C6H8N2.C6H9NO.C6H9NS.C6H13N.C6H9N.C6H12O.C6H8O.C6H12S.C6H8S/c2*1-7-4-3-5-9-6-8(7)2;1-7-5-3-4-6-8(7)2;1-6-4-3-5-8-7(6)2;2*1-6-4-3-5-7(6)2;1-5-3-7-4-8-6(5)2;1-5-6(2)8-4-3-7-5;1-5-3-4-7-8-6(5)2;2*1-5-6(2)8-4-3-7-5;6*1-5-3-4-7-6(5)2/h3-6,9H,1-2H3;3-6H,1-2H3;3-6H,1-2H3;3-5H,1-2H3;6-7H,3-5H2,1-2H3;3-4H,5H2,1-2H3;3*3-4H,1-2H3;2*3-4,7H,1-2H3;5-7H,3-4H2,1-2H3;3-4,7H,1-2H3;5-6H,3-4H2,1-2H3;3-4H,1-2H3;5-6H,3-4H2,1-2H3;3-4H,1-2H3. The zero-order valence-corrected chi connectivity index (χ0v) is 88.7. The number of benzene rings is 1. The van der Waals surface area contributed by atoms with Crippen LogP contribution in [0, 0.1) is 140 Å². The summed E-state index contributed by atoms with van der Waals surface area (Å²) in [7, 11) is 0. The number of rotatable bonds is 0. The number of H-pyrrole nitrogens is 1. The average Bonchev–Trinajstić information content (AvgIpc) is 1.90. The monoisotopic (exact) mass is 1830 g/mol. The second kappa shape index (κ2) is 70.2. The summed E-state index contributed by atoms with van der Waals surface area (Å²) in [5, 5.41) is 25.1. The summed E-state index contributed by atoms with van der Waals surface area (Å²) in [6.45, 7) is 73.7. The molecule has 9 aliphatic rings. The maximum absolute atomic E-state index is 5.27. The molecule has 4 fully saturated rings. The van der Waals surface area contributed by atoms with E-state index in [4.69, 9.17) is 18.6 Å². The fourth-order valence-electron chi connectivity index (χ4n) is 11.0. The molecule has 3 saturated heterocycles. The molecule has 0 radical (unpaired) electrons. The van der Waals surface area contributed by atoms with Crippen LogP contribution in [0.15, 0.2) is 261 Å². The van der Waals surface area contributed by atoms with Crippen LogP contribution in [0.1, 0.15) is 259 Å². The van der Waals surface area contributed by atoms with Crippen LogP contribution in [0.4, 0.5) is 0 Å². The van der Waals surface area contributed by atoms with E-state index >= 15 is 0 Å². The quantitative estimate of drug-likeness (QED) is 0.0961. The third kappa shape index (κ3) is 55.5.